The van der Waals surface area contributed by atoms with Crippen LogP contribution in [-0.4, -0.2) is 18.2 Å². The molecule has 3 heteroatoms. The molecule has 0 aromatic carbocycles. The Hall–Kier alpha value is -0.990. The van der Waals surface area contributed by atoms with E-state index in [-0.39, 0.29) is 0 Å². The maximum atomic E-state index is 10.8. The molecule has 0 aliphatic heterocycles. The Labute approximate surface area is 67.4 Å². The molecule has 63 valence electrons. The molecule has 0 aliphatic rings. The van der Waals surface area contributed by atoms with Crippen LogP contribution >= 0.6 is 0 Å². The molecule has 0 fully saturated rings. The van der Waals surface area contributed by atoms with Crippen molar-refractivity contribution in [2.75, 3.05) is 6.54 Å². The Morgan fingerprint density at radius 3 is 2.55 bits per heavy atom. The minimum Gasteiger partial charge on any atom is -0.442 e. The summed E-state index contributed by atoms with van der Waals surface area (Å²) in [6, 6.07) is 0. The number of rotatable bonds is 2. The van der Waals surface area contributed by atoms with Gasteiger partial charge in [0.1, 0.15) is 5.60 Å². The van der Waals surface area contributed by atoms with Gasteiger partial charge in [-0.05, 0) is 20.8 Å². The third-order valence-electron chi connectivity index (χ3n) is 0.743. The summed E-state index contributed by atoms with van der Waals surface area (Å²) in [7, 11) is 0. The monoisotopic (exact) mass is 156 g/mol. The molecule has 0 heterocycles. The SMILES string of the molecule is C=CC[N]C(=O)OC(C)(C)C. The highest BCUT2D eigenvalue weighted by molar-refractivity contribution is 5.67. The molecule has 1 radical (unpaired) electrons. The van der Waals surface area contributed by atoms with Gasteiger partial charge in [-0.2, -0.15) is 0 Å². The van der Waals surface area contributed by atoms with E-state index in [2.05, 4.69) is 11.9 Å². The molecule has 0 aromatic heterocycles. The second-order valence-corrected chi connectivity index (χ2v) is 3.11. The predicted octanol–water partition coefficient (Wildman–Crippen LogP) is 1.71. The minimum absolute atomic E-state index is 0.314. The Morgan fingerprint density at radius 2 is 2.18 bits per heavy atom. The molecular weight excluding hydrogens is 142 g/mol. The minimum atomic E-state index is -0.530. The molecule has 0 unspecified atom stereocenters. The quantitative estimate of drug-likeness (QED) is 0.571. The summed E-state index contributed by atoms with van der Waals surface area (Å²) < 4.78 is 4.89. The summed E-state index contributed by atoms with van der Waals surface area (Å²) in [6.45, 7) is 9.14. The molecule has 0 rings (SSSR count). The lowest BCUT2D eigenvalue weighted by Crippen LogP contribution is -2.28. The standard InChI is InChI=1S/C8H14NO2/c1-5-6-9-7(10)11-8(2,3)4/h5H,1,6H2,2-4H3. The Bertz CT molecular complexity index is 147. The molecular formula is C8H14NO2. The maximum Gasteiger partial charge on any atom is 0.429 e. The van der Waals surface area contributed by atoms with E-state index in [1.807, 2.05) is 0 Å². The van der Waals surface area contributed by atoms with Crippen molar-refractivity contribution in [3.63, 3.8) is 0 Å². The number of ether oxygens (including phenoxy) is 1. The Morgan fingerprint density at radius 1 is 1.64 bits per heavy atom. The van der Waals surface area contributed by atoms with E-state index in [0.717, 1.165) is 0 Å². The molecule has 11 heavy (non-hydrogen) atoms. The summed E-state index contributed by atoms with van der Waals surface area (Å²) >= 11 is 0. The first kappa shape index (κ1) is 10.0. The first-order valence-corrected chi connectivity index (χ1v) is 3.47. The van der Waals surface area contributed by atoms with E-state index < -0.39 is 11.7 Å². The number of hydrogen-bond acceptors (Lipinski definition) is 2. The smallest absolute Gasteiger partial charge is 0.429 e. The van der Waals surface area contributed by atoms with Crippen LogP contribution in [0.15, 0.2) is 12.7 Å². The number of hydrogen-bond donors (Lipinski definition) is 0. The van der Waals surface area contributed by atoms with Crippen LogP contribution in [0.2, 0.25) is 0 Å². The molecule has 0 bridgehead atoms. The molecule has 0 atom stereocenters. The Kier molecular flexibility index (Phi) is 3.65. The highest BCUT2D eigenvalue weighted by Crippen LogP contribution is 2.06. The van der Waals surface area contributed by atoms with Crippen LogP contribution in [0.5, 0.6) is 0 Å². The molecule has 0 spiro atoms. The van der Waals surface area contributed by atoms with Crippen LogP contribution in [0.4, 0.5) is 4.79 Å². The summed E-state index contributed by atoms with van der Waals surface area (Å²) in [4.78, 5) is 10.8. The third kappa shape index (κ3) is 6.90. The van der Waals surface area contributed by atoms with Gasteiger partial charge < -0.3 is 4.74 Å². The largest absolute Gasteiger partial charge is 0.442 e. The number of nitrogens with zero attached hydrogens (tertiary/aromatic N) is 1. The summed E-state index contributed by atoms with van der Waals surface area (Å²) in [6.07, 6.45) is 1.02. The van der Waals surface area contributed by atoms with Crippen LogP contribution in [0.25, 0.3) is 0 Å². The zero-order chi connectivity index (χ0) is 8.91. The molecule has 3 nitrogen and oxygen atoms in total. The highest BCUT2D eigenvalue weighted by Gasteiger charge is 2.15. The fraction of sp³-hybridized carbons (Fsp3) is 0.625. The van der Waals surface area contributed by atoms with Crippen LogP contribution in [0.1, 0.15) is 20.8 Å². The van der Waals surface area contributed by atoms with E-state index in [1.54, 1.807) is 26.8 Å². The Balaban J connectivity index is 3.61. The molecule has 0 saturated heterocycles. The van der Waals surface area contributed by atoms with Crippen LogP contribution in [-0.2, 0) is 4.74 Å². The molecule has 0 saturated carbocycles. The van der Waals surface area contributed by atoms with Gasteiger partial charge in [0, 0.05) is 0 Å². The van der Waals surface area contributed by atoms with Gasteiger partial charge >= 0.3 is 6.09 Å². The van der Waals surface area contributed by atoms with Crippen LogP contribution < -0.4 is 5.32 Å². The maximum absolute atomic E-state index is 10.8. The van der Waals surface area contributed by atoms with Gasteiger partial charge in [-0.15, -0.1) is 6.58 Å². The lowest BCUT2D eigenvalue weighted by Gasteiger charge is -2.18. The van der Waals surface area contributed by atoms with Crippen molar-refractivity contribution < 1.29 is 9.53 Å². The lowest BCUT2D eigenvalue weighted by molar-refractivity contribution is 0.0527. The van der Waals surface area contributed by atoms with Crippen molar-refractivity contribution in [1.29, 1.82) is 0 Å². The zero-order valence-electron chi connectivity index (χ0n) is 7.26. The average molecular weight is 156 g/mol. The molecule has 0 N–H and O–H groups in total. The highest BCUT2D eigenvalue weighted by atomic mass is 16.6. The third-order valence-corrected chi connectivity index (χ3v) is 0.743. The molecule has 0 aromatic rings. The number of carbonyl (C=O) groups is 1. The second kappa shape index (κ2) is 4.01. The van der Waals surface area contributed by atoms with Crippen molar-refractivity contribution in [3.8, 4) is 0 Å². The van der Waals surface area contributed by atoms with Crippen molar-refractivity contribution in [2.24, 2.45) is 0 Å². The van der Waals surface area contributed by atoms with Crippen molar-refractivity contribution in [3.05, 3.63) is 12.7 Å². The van der Waals surface area contributed by atoms with E-state index in [1.165, 1.54) is 0 Å². The van der Waals surface area contributed by atoms with Gasteiger partial charge in [0.2, 0.25) is 0 Å². The first-order valence-electron chi connectivity index (χ1n) is 3.47. The van der Waals surface area contributed by atoms with Crippen molar-refractivity contribution in [1.82, 2.24) is 5.32 Å². The van der Waals surface area contributed by atoms with Gasteiger partial charge in [-0.3, -0.25) is 0 Å². The predicted molar refractivity (Wildman–Crippen MR) is 43.4 cm³/mol. The average Bonchev–Trinajstić information content (AvgIpc) is 1.79. The molecule has 1 amide bonds. The topological polar surface area (TPSA) is 40.4 Å². The lowest BCUT2D eigenvalue weighted by atomic mass is 10.2. The van der Waals surface area contributed by atoms with E-state index in [0.29, 0.717) is 6.54 Å². The summed E-state index contributed by atoms with van der Waals surface area (Å²) in [5, 5.41) is 3.55. The fourth-order valence-electron chi connectivity index (χ4n) is 0.433. The molecule has 0 aliphatic carbocycles. The van der Waals surface area contributed by atoms with Gasteiger partial charge in [-0.25, -0.2) is 10.1 Å². The van der Waals surface area contributed by atoms with Crippen molar-refractivity contribution >= 4 is 6.09 Å². The van der Waals surface area contributed by atoms with Crippen LogP contribution in [0.3, 0.4) is 0 Å². The normalized spacial score (nSPS) is 10.5. The number of carbonyl (C=O) groups excluding carboxylic acids is 1. The van der Waals surface area contributed by atoms with Gasteiger partial charge in [0.25, 0.3) is 0 Å². The zero-order valence-corrected chi connectivity index (χ0v) is 7.26. The van der Waals surface area contributed by atoms with E-state index >= 15 is 0 Å². The number of amides is 1. The van der Waals surface area contributed by atoms with Gasteiger partial charge in [-0.1, -0.05) is 6.08 Å². The van der Waals surface area contributed by atoms with Crippen LogP contribution in [0, 0.1) is 0 Å². The first-order chi connectivity index (χ1) is 4.95. The second-order valence-electron chi connectivity index (χ2n) is 3.11. The van der Waals surface area contributed by atoms with Gasteiger partial charge in [0.15, 0.2) is 0 Å². The van der Waals surface area contributed by atoms with E-state index in [4.69, 9.17) is 4.74 Å². The van der Waals surface area contributed by atoms with E-state index in [9.17, 15) is 4.79 Å². The summed E-state index contributed by atoms with van der Waals surface area (Å²) in [5.41, 5.74) is -0.457. The van der Waals surface area contributed by atoms with Gasteiger partial charge in [0.05, 0.1) is 6.54 Å². The van der Waals surface area contributed by atoms with Crippen molar-refractivity contribution in [2.45, 2.75) is 26.4 Å². The fourth-order valence-corrected chi connectivity index (χ4v) is 0.433. The summed E-state index contributed by atoms with van der Waals surface area (Å²) in [5.74, 6) is 0.